The summed E-state index contributed by atoms with van der Waals surface area (Å²) in [6.07, 6.45) is 12.4. The molecule has 230 valence electrons. The number of carboxylic acids is 1. The highest BCUT2D eigenvalue weighted by Gasteiger charge is 2.65. The van der Waals surface area contributed by atoms with Crippen LogP contribution in [0.25, 0.3) is 0 Å². The van der Waals surface area contributed by atoms with Crippen LogP contribution in [-0.4, -0.2) is 68.2 Å². The summed E-state index contributed by atoms with van der Waals surface area (Å²) in [5, 5.41) is 42.0. The van der Waals surface area contributed by atoms with Gasteiger partial charge in [0.05, 0.1) is 18.3 Å². The third-order valence-electron chi connectivity index (χ3n) is 12.9. The van der Waals surface area contributed by atoms with Crippen LogP contribution < -0.4 is 0 Å². The first-order valence-electron chi connectivity index (χ1n) is 16.3. The van der Waals surface area contributed by atoms with Crippen LogP contribution in [0, 0.1) is 46.3 Å². The molecule has 5 fully saturated rings. The average Bonchev–Trinajstić information content (AvgIpc) is 3.53. The maximum Gasteiger partial charge on any atom is 0.303 e. The smallest absolute Gasteiger partial charge is 0.303 e. The van der Waals surface area contributed by atoms with Crippen molar-refractivity contribution in [2.45, 2.75) is 116 Å². The average molecular weight is 571 g/mol. The van der Waals surface area contributed by atoms with Gasteiger partial charge in [0.25, 0.3) is 0 Å². The molecule has 1 aromatic heterocycles. The van der Waals surface area contributed by atoms with Crippen molar-refractivity contribution >= 4 is 5.97 Å². The zero-order valence-electron chi connectivity index (χ0n) is 25.7. The lowest BCUT2D eigenvalue weighted by Gasteiger charge is -2.63. The second-order valence-corrected chi connectivity index (χ2v) is 14.9. The molecule has 4 saturated carbocycles. The van der Waals surface area contributed by atoms with E-state index in [0.29, 0.717) is 36.1 Å². The van der Waals surface area contributed by atoms with Gasteiger partial charge in [-0.05, 0) is 136 Å². The number of pyridine rings is 1. The van der Waals surface area contributed by atoms with Crippen molar-refractivity contribution in [1.82, 2.24) is 9.88 Å². The summed E-state index contributed by atoms with van der Waals surface area (Å²) in [6.45, 7) is 7.94. The van der Waals surface area contributed by atoms with E-state index < -0.39 is 12.1 Å². The number of aliphatic hydroxyl groups excluding tert-OH is 3. The molecule has 0 amide bonds. The number of aliphatic carboxylic acids is 1. The summed E-state index contributed by atoms with van der Waals surface area (Å²) in [5.41, 5.74) is 1.22. The molecule has 1 saturated heterocycles. The predicted molar refractivity (Wildman–Crippen MR) is 159 cm³/mol. The molecule has 4 aliphatic carbocycles. The Balaban J connectivity index is 0.000000234. The first-order valence-corrected chi connectivity index (χ1v) is 16.3. The number of hydrogen-bond acceptors (Lipinski definition) is 6. The van der Waals surface area contributed by atoms with Gasteiger partial charge in [0.15, 0.2) is 0 Å². The molecule has 1 aromatic rings. The lowest BCUT2D eigenvalue weighted by molar-refractivity contribution is -0.207. The van der Waals surface area contributed by atoms with Crippen molar-refractivity contribution in [3.63, 3.8) is 0 Å². The molecule has 0 bridgehead atoms. The summed E-state index contributed by atoms with van der Waals surface area (Å²) in [4.78, 5) is 17.6. The van der Waals surface area contributed by atoms with Crippen LogP contribution in [0.2, 0.25) is 0 Å². The summed E-state index contributed by atoms with van der Waals surface area (Å²) in [6, 6.07) is 4.79. The Morgan fingerprint density at radius 3 is 2.54 bits per heavy atom. The van der Waals surface area contributed by atoms with Crippen LogP contribution in [0.3, 0.4) is 0 Å². The Labute approximate surface area is 246 Å². The number of likely N-dealkylation sites (tertiary alicyclic amines) is 1. The van der Waals surface area contributed by atoms with E-state index >= 15 is 0 Å². The molecule has 0 aromatic carbocycles. The van der Waals surface area contributed by atoms with Crippen LogP contribution in [0.15, 0.2) is 24.5 Å². The molecule has 5 aliphatic rings. The maximum atomic E-state index is 11.5. The van der Waals surface area contributed by atoms with Crippen molar-refractivity contribution in [1.29, 1.82) is 0 Å². The van der Waals surface area contributed by atoms with Gasteiger partial charge in [-0.1, -0.05) is 26.8 Å². The van der Waals surface area contributed by atoms with Crippen molar-refractivity contribution in [3.05, 3.63) is 30.1 Å². The number of carbonyl (C=O) groups is 1. The Morgan fingerprint density at radius 1 is 1.10 bits per heavy atom. The second kappa shape index (κ2) is 12.2. The lowest BCUT2D eigenvalue weighted by Crippen LogP contribution is -2.62. The Bertz CT molecular complexity index is 1040. The third-order valence-corrected chi connectivity index (χ3v) is 12.9. The molecule has 0 radical (unpaired) electrons. The SMILES string of the molecule is CN1CCC[C@H]1c1cccnc1.C[C@H](CCC(=O)O)[C@H]1CC[C@H]2[C@@H]3[C@H](O)C[C@@H]4C[C@H](O)CC[C@]4(C)[C@H]3C[C@H](O)[C@]12C. The van der Waals surface area contributed by atoms with Crippen molar-refractivity contribution in [3.8, 4) is 0 Å². The molecule has 12 atom stereocenters. The van der Waals surface area contributed by atoms with Gasteiger partial charge in [0.1, 0.15) is 0 Å². The van der Waals surface area contributed by atoms with Gasteiger partial charge in [-0.15, -0.1) is 0 Å². The third kappa shape index (κ3) is 5.73. The van der Waals surface area contributed by atoms with E-state index in [4.69, 9.17) is 5.11 Å². The van der Waals surface area contributed by atoms with Gasteiger partial charge in [0, 0.05) is 24.9 Å². The van der Waals surface area contributed by atoms with Crippen LogP contribution in [0.5, 0.6) is 0 Å². The molecule has 41 heavy (non-hydrogen) atoms. The van der Waals surface area contributed by atoms with E-state index in [1.165, 1.54) is 24.9 Å². The molecule has 0 unspecified atom stereocenters. The van der Waals surface area contributed by atoms with Crippen molar-refractivity contribution in [2.24, 2.45) is 46.3 Å². The van der Waals surface area contributed by atoms with E-state index in [9.17, 15) is 20.1 Å². The first kappa shape index (κ1) is 30.9. The number of carboxylic acid groups (broad SMARTS) is 1. The summed E-state index contributed by atoms with van der Waals surface area (Å²) < 4.78 is 0. The van der Waals surface area contributed by atoms with Crippen molar-refractivity contribution < 1.29 is 25.2 Å². The largest absolute Gasteiger partial charge is 0.481 e. The molecule has 4 N–H and O–H groups in total. The monoisotopic (exact) mass is 570 g/mol. The standard InChI is InChI=1S/C24H40O5.C10H14N2/c1-13(4-7-21(28)29)16-5-6-17-22-18(12-20(27)24(16,17)3)23(2)9-8-15(25)10-14(23)11-19(22)26;1-12-7-3-5-10(12)9-4-2-6-11-8-9/h13-20,22,25-27H,4-12H2,1-3H3,(H,28,29);2,4,6,8,10H,3,5,7H2,1H3/t13-,14+,15-,16-,17+,18+,19-,20+,22+,23+,24-;10-/m10/s1. The Kier molecular flexibility index (Phi) is 9.21. The molecule has 1 aliphatic heterocycles. The summed E-state index contributed by atoms with van der Waals surface area (Å²) in [7, 11) is 2.19. The molecule has 7 nitrogen and oxygen atoms in total. The van der Waals surface area contributed by atoms with Crippen LogP contribution in [-0.2, 0) is 4.79 Å². The lowest BCUT2D eigenvalue weighted by atomic mass is 9.43. The van der Waals surface area contributed by atoms with Gasteiger partial charge in [-0.25, -0.2) is 0 Å². The maximum absolute atomic E-state index is 11.5. The van der Waals surface area contributed by atoms with E-state index in [1.54, 1.807) is 0 Å². The van der Waals surface area contributed by atoms with Crippen LogP contribution in [0.4, 0.5) is 0 Å². The van der Waals surface area contributed by atoms with Crippen molar-refractivity contribution in [2.75, 3.05) is 13.6 Å². The second-order valence-electron chi connectivity index (χ2n) is 14.9. The number of nitrogens with zero attached hydrogens (tertiary/aromatic N) is 2. The summed E-state index contributed by atoms with van der Waals surface area (Å²) >= 11 is 0. The number of aromatic nitrogens is 1. The van der Waals surface area contributed by atoms with E-state index in [-0.39, 0.29) is 41.3 Å². The van der Waals surface area contributed by atoms with E-state index in [2.05, 4.69) is 43.8 Å². The minimum absolute atomic E-state index is 0.0957. The fourth-order valence-corrected chi connectivity index (χ4v) is 10.6. The number of rotatable bonds is 5. The van der Waals surface area contributed by atoms with E-state index in [0.717, 1.165) is 44.9 Å². The quantitative estimate of drug-likeness (QED) is 0.380. The first-order chi connectivity index (χ1) is 19.5. The minimum atomic E-state index is -0.748. The molecular weight excluding hydrogens is 516 g/mol. The summed E-state index contributed by atoms with van der Waals surface area (Å²) in [5.74, 6) is 0.997. The number of hydrogen-bond donors (Lipinski definition) is 4. The molecule has 6 rings (SSSR count). The van der Waals surface area contributed by atoms with E-state index in [1.807, 2.05) is 18.5 Å². The Hall–Kier alpha value is -1.54. The topological polar surface area (TPSA) is 114 Å². The zero-order valence-corrected chi connectivity index (χ0v) is 25.7. The van der Waals surface area contributed by atoms with Gasteiger partial charge in [0.2, 0.25) is 0 Å². The van der Waals surface area contributed by atoms with Crippen LogP contribution >= 0.6 is 0 Å². The Morgan fingerprint density at radius 2 is 1.88 bits per heavy atom. The fraction of sp³-hybridized carbons (Fsp3) is 0.824. The normalized spacial score (nSPS) is 44.6. The molecule has 7 heteroatoms. The zero-order chi connectivity index (χ0) is 29.5. The number of fused-ring (bicyclic) bond motifs is 5. The highest BCUT2D eigenvalue weighted by Crippen LogP contribution is 2.68. The van der Waals surface area contributed by atoms with Crippen LogP contribution in [0.1, 0.15) is 103 Å². The minimum Gasteiger partial charge on any atom is -0.481 e. The van der Waals surface area contributed by atoms with Gasteiger partial charge in [-0.2, -0.15) is 0 Å². The molecular formula is C34H54N2O5. The highest BCUT2D eigenvalue weighted by molar-refractivity contribution is 5.66. The predicted octanol–water partition coefficient (Wildman–Crippen LogP) is 5.30. The number of aliphatic hydroxyl groups is 3. The highest BCUT2D eigenvalue weighted by atomic mass is 16.4. The van der Waals surface area contributed by atoms with Gasteiger partial charge in [-0.3, -0.25) is 14.7 Å². The fourth-order valence-electron chi connectivity index (χ4n) is 10.6. The van der Waals surface area contributed by atoms with Gasteiger partial charge < -0.3 is 20.4 Å². The van der Waals surface area contributed by atoms with Gasteiger partial charge >= 0.3 is 5.97 Å². The molecule has 2 heterocycles. The molecule has 0 spiro atoms.